The van der Waals surface area contributed by atoms with Gasteiger partial charge in [0.25, 0.3) is 0 Å². The number of amides is 1. The average Bonchev–Trinajstić information content (AvgIpc) is 2.97. The van der Waals surface area contributed by atoms with E-state index in [1.807, 2.05) is 9.80 Å². The van der Waals surface area contributed by atoms with Crippen LogP contribution in [-0.2, 0) is 11.0 Å². The van der Waals surface area contributed by atoms with E-state index in [0.29, 0.717) is 37.7 Å². The molecule has 0 N–H and O–H groups in total. The second-order valence-electron chi connectivity index (χ2n) is 8.90. The lowest BCUT2D eigenvalue weighted by Crippen LogP contribution is -2.45. The van der Waals surface area contributed by atoms with Crippen molar-refractivity contribution in [1.82, 2.24) is 9.80 Å². The number of carbonyl (C=O) groups excluding carboxylic acids is 1. The van der Waals surface area contributed by atoms with Crippen LogP contribution in [0.15, 0.2) is 18.2 Å². The van der Waals surface area contributed by atoms with E-state index in [-0.39, 0.29) is 17.4 Å². The fourth-order valence-electron chi connectivity index (χ4n) is 4.98. The number of halogens is 3. The molecule has 1 aromatic carbocycles. The number of alkyl halides is 3. The summed E-state index contributed by atoms with van der Waals surface area (Å²) < 4.78 is 39.8. The minimum atomic E-state index is -4.56. The molecular formula is C23H29F3N4O. The molecule has 1 aromatic rings. The number of nitriles is 1. The second kappa shape index (κ2) is 9.07. The van der Waals surface area contributed by atoms with E-state index in [1.165, 1.54) is 25.3 Å². The predicted octanol–water partition coefficient (Wildman–Crippen LogP) is 3.88. The largest absolute Gasteiger partial charge is 0.417 e. The van der Waals surface area contributed by atoms with Gasteiger partial charge in [0.05, 0.1) is 17.2 Å². The van der Waals surface area contributed by atoms with Gasteiger partial charge in [0.2, 0.25) is 5.91 Å². The van der Waals surface area contributed by atoms with E-state index in [0.717, 1.165) is 38.7 Å². The van der Waals surface area contributed by atoms with Crippen LogP contribution in [0.25, 0.3) is 0 Å². The summed E-state index contributed by atoms with van der Waals surface area (Å²) in [5, 5.41) is 8.98. The first-order valence-corrected chi connectivity index (χ1v) is 11.3. The number of piperidine rings is 1. The number of anilines is 1. The standard InChI is InChI=1S/C23H29F3N4O/c24-23(25,26)21-15-20(6-5-18(21)16-27)29-11-7-17(8-12-29)22(31)30-10-2-9-28(13-14-30)19-3-1-4-19/h5-6,15,17,19H,1-4,7-14H2. The summed E-state index contributed by atoms with van der Waals surface area (Å²) in [6.07, 6.45) is 1.59. The SMILES string of the molecule is N#Cc1ccc(N2CCC(C(=O)N3CCCN(C4CCC4)CC3)CC2)cc1C(F)(F)F. The maximum absolute atomic E-state index is 13.3. The molecule has 3 aliphatic rings. The van der Waals surface area contributed by atoms with Gasteiger partial charge in [0.1, 0.15) is 0 Å². The van der Waals surface area contributed by atoms with Gasteiger partial charge in [-0.25, -0.2) is 0 Å². The van der Waals surface area contributed by atoms with Crippen molar-refractivity contribution in [3.05, 3.63) is 29.3 Å². The summed E-state index contributed by atoms with van der Waals surface area (Å²) in [7, 11) is 0. The van der Waals surface area contributed by atoms with Crippen molar-refractivity contribution < 1.29 is 18.0 Å². The summed E-state index contributed by atoms with van der Waals surface area (Å²) in [5.41, 5.74) is -0.798. The van der Waals surface area contributed by atoms with Crippen LogP contribution in [0.4, 0.5) is 18.9 Å². The number of carbonyl (C=O) groups is 1. The van der Waals surface area contributed by atoms with Crippen LogP contribution in [-0.4, -0.2) is 61.0 Å². The molecule has 3 fully saturated rings. The highest BCUT2D eigenvalue weighted by molar-refractivity contribution is 5.79. The Bertz CT molecular complexity index is 838. The normalized spacial score (nSPS) is 22.0. The topological polar surface area (TPSA) is 50.6 Å². The van der Waals surface area contributed by atoms with Crippen LogP contribution in [0.5, 0.6) is 0 Å². The highest BCUT2D eigenvalue weighted by atomic mass is 19.4. The molecule has 31 heavy (non-hydrogen) atoms. The molecule has 8 heteroatoms. The minimum Gasteiger partial charge on any atom is -0.371 e. The van der Waals surface area contributed by atoms with Crippen molar-refractivity contribution in [2.45, 2.75) is 50.7 Å². The third-order valence-electron chi connectivity index (χ3n) is 7.07. The molecule has 2 saturated heterocycles. The highest BCUT2D eigenvalue weighted by Crippen LogP contribution is 2.35. The Labute approximate surface area is 181 Å². The van der Waals surface area contributed by atoms with Gasteiger partial charge >= 0.3 is 6.18 Å². The summed E-state index contributed by atoms with van der Waals surface area (Å²) in [6.45, 7) is 4.67. The Balaban J connectivity index is 1.34. The Morgan fingerprint density at radius 1 is 0.968 bits per heavy atom. The maximum atomic E-state index is 13.3. The molecule has 0 spiro atoms. The molecule has 4 rings (SSSR count). The molecule has 0 radical (unpaired) electrons. The van der Waals surface area contributed by atoms with Crippen LogP contribution in [0.2, 0.25) is 0 Å². The van der Waals surface area contributed by atoms with E-state index in [9.17, 15) is 18.0 Å². The van der Waals surface area contributed by atoms with Crippen LogP contribution in [0, 0.1) is 17.2 Å². The van der Waals surface area contributed by atoms with Gasteiger partial charge in [-0.2, -0.15) is 18.4 Å². The quantitative estimate of drug-likeness (QED) is 0.725. The first-order chi connectivity index (χ1) is 14.9. The molecule has 0 atom stereocenters. The maximum Gasteiger partial charge on any atom is 0.417 e. The fourth-order valence-corrected chi connectivity index (χ4v) is 4.98. The lowest BCUT2D eigenvalue weighted by molar-refractivity contribution is -0.138. The zero-order valence-corrected chi connectivity index (χ0v) is 17.7. The minimum absolute atomic E-state index is 0.0630. The molecule has 0 bridgehead atoms. The van der Waals surface area contributed by atoms with Crippen molar-refractivity contribution in [3.63, 3.8) is 0 Å². The Hall–Kier alpha value is -2.27. The highest BCUT2D eigenvalue weighted by Gasteiger charge is 2.35. The Morgan fingerprint density at radius 2 is 1.71 bits per heavy atom. The van der Waals surface area contributed by atoms with Gasteiger partial charge in [0, 0.05) is 56.9 Å². The molecule has 2 heterocycles. The molecule has 1 aliphatic carbocycles. The zero-order valence-electron chi connectivity index (χ0n) is 17.7. The van der Waals surface area contributed by atoms with Gasteiger partial charge in [-0.3, -0.25) is 9.69 Å². The third-order valence-corrected chi connectivity index (χ3v) is 7.07. The van der Waals surface area contributed by atoms with Gasteiger partial charge in [-0.05, 0) is 50.3 Å². The van der Waals surface area contributed by atoms with Crippen LogP contribution >= 0.6 is 0 Å². The van der Waals surface area contributed by atoms with Crippen molar-refractivity contribution in [2.24, 2.45) is 5.92 Å². The molecule has 5 nitrogen and oxygen atoms in total. The first-order valence-electron chi connectivity index (χ1n) is 11.3. The Kier molecular flexibility index (Phi) is 6.42. The van der Waals surface area contributed by atoms with Crippen molar-refractivity contribution in [1.29, 1.82) is 5.26 Å². The van der Waals surface area contributed by atoms with Gasteiger partial charge in [0.15, 0.2) is 0 Å². The predicted molar refractivity (Wildman–Crippen MR) is 112 cm³/mol. The smallest absolute Gasteiger partial charge is 0.371 e. The van der Waals surface area contributed by atoms with E-state index in [1.54, 1.807) is 12.1 Å². The lowest BCUT2D eigenvalue weighted by Gasteiger charge is -2.37. The Morgan fingerprint density at radius 3 is 2.32 bits per heavy atom. The number of nitrogens with zero attached hydrogens (tertiary/aromatic N) is 4. The fraction of sp³-hybridized carbons (Fsp3) is 0.652. The van der Waals surface area contributed by atoms with Gasteiger partial charge < -0.3 is 9.80 Å². The third kappa shape index (κ3) is 4.82. The van der Waals surface area contributed by atoms with Crippen molar-refractivity contribution in [2.75, 3.05) is 44.2 Å². The van der Waals surface area contributed by atoms with Crippen molar-refractivity contribution in [3.8, 4) is 6.07 Å². The van der Waals surface area contributed by atoms with E-state index < -0.39 is 11.7 Å². The molecule has 0 unspecified atom stereocenters. The zero-order chi connectivity index (χ0) is 22.0. The number of hydrogen-bond donors (Lipinski definition) is 0. The molecular weight excluding hydrogens is 405 g/mol. The first kappa shape index (κ1) is 21.9. The van der Waals surface area contributed by atoms with Crippen LogP contribution in [0.1, 0.15) is 49.7 Å². The van der Waals surface area contributed by atoms with E-state index in [2.05, 4.69) is 4.90 Å². The van der Waals surface area contributed by atoms with Gasteiger partial charge in [-0.15, -0.1) is 0 Å². The van der Waals surface area contributed by atoms with Gasteiger partial charge in [-0.1, -0.05) is 6.42 Å². The number of hydrogen-bond acceptors (Lipinski definition) is 4. The summed E-state index contributed by atoms with van der Waals surface area (Å²) in [6, 6.07) is 6.19. The van der Waals surface area contributed by atoms with Crippen LogP contribution in [0.3, 0.4) is 0 Å². The molecule has 1 saturated carbocycles. The summed E-state index contributed by atoms with van der Waals surface area (Å²) in [4.78, 5) is 19.5. The second-order valence-corrected chi connectivity index (χ2v) is 8.90. The van der Waals surface area contributed by atoms with E-state index in [4.69, 9.17) is 5.26 Å². The summed E-state index contributed by atoms with van der Waals surface area (Å²) >= 11 is 0. The average molecular weight is 435 g/mol. The van der Waals surface area contributed by atoms with Crippen molar-refractivity contribution >= 4 is 11.6 Å². The molecule has 168 valence electrons. The van der Waals surface area contributed by atoms with Crippen LogP contribution < -0.4 is 4.90 Å². The van der Waals surface area contributed by atoms with E-state index >= 15 is 0 Å². The molecule has 2 aliphatic heterocycles. The number of rotatable bonds is 3. The molecule has 1 amide bonds. The lowest BCUT2D eigenvalue weighted by atomic mass is 9.91. The molecule has 0 aromatic heterocycles. The summed E-state index contributed by atoms with van der Waals surface area (Å²) in [5.74, 6) is 0.137. The number of benzene rings is 1. The monoisotopic (exact) mass is 434 g/mol.